The Morgan fingerprint density at radius 2 is 1.47 bits per heavy atom. The van der Waals surface area contributed by atoms with Crippen molar-refractivity contribution in [3.8, 4) is 11.1 Å². The van der Waals surface area contributed by atoms with E-state index in [4.69, 9.17) is 0 Å². The number of hydrogen-bond acceptors (Lipinski definition) is 5. The second-order valence-electron chi connectivity index (χ2n) is 13.0. The molecular formula is C38H42F4N4O2S. The van der Waals surface area contributed by atoms with Gasteiger partial charge in [-0.2, -0.15) is 18.2 Å². The van der Waals surface area contributed by atoms with Crippen molar-refractivity contribution in [2.24, 2.45) is 0 Å². The average molecular weight is 695 g/mol. The van der Waals surface area contributed by atoms with Gasteiger partial charge in [0.05, 0.1) is 5.56 Å². The molecule has 0 unspecified atom stereocenters. The van der Waals surface area contributed by atoms with Crippen LogP contribution in [0.15, 0.2) is 82.7 Å². The van der Waals surface area contributed by atoms with Gasteiger partial charge in [0.2, 0.25) is 5.91 Å². The van der Waals surface area contributed by atoms with Crippen LogP contribution in [0.4, 0.5) is 17.6 Å². The van der Waals surface area contributed by atoms with Gasteiger partial charge in [0.25, 0.3) is 5.56 Å². The van der Waals surface area contributed by atoms with E-state index in [0.717, 1.165) is 54.0 Å². The molecule has 0 fully saturated rings. The first-order chi connectivity index (χ1) is 23.3. The van der Waals surface area contributed by atoms with E-state index in [1.807, 2.05) is 33.7 Å². The van der Waals surface area contributed by atoms with E-state index in [-0.39, 0.29) is 29.4 Å². The largest absolute Gasteiger partial charge is 0.416 e. The van der Waals surface area contributed by atoms with E-state index in [1.54, 1.807) is 12.1 Å². The number of hydrogen-bond donors (Lipinski definition) is 0. The van der Waals surface area contributed by atoms with Crippen LogP contribution in [0.3, 0.4) is 0 Å². The molecule has 1 aromatic heterocycles. The zero-order valence-electron chi connectivity index (χ0n) is 28.3. The van der Waals surface area contributed by atoms with Crippen LogP contribution >= 0.6 is 11.8 Å². The van der Waals surface area contributed by atoms with Gasteiger partial charge >= 0.3 is 6.18 Å². The highest BCUT2D eigenvalue weighted by molar-refractivity contribution is 7.98. The van der Waals surface area contributed by atoms with Crippen LogP contribution in [0.5, 0.6) is 0 Å². The van der Waals surface area contributed by atoms with Crippen LogP contribution in [-0.4, -0.2) is 50.4 Å². The molecule has 1 amide bonds. The fourth-order valence-electron chi connectivity index (χ4n) is 6.58. The van der Waals surface area contributed by atoms with Crippen LogP contribution in [-0.2, 0) is 42.7 Å². The Hall–Kier alpha value is -3.96. The van der Waals surface area contributed by atoms with Crippen LogP contribution in [0, 0.1) is 5.82 Å². The summed E-state index contributed by atoms with van der Waals surface area (Å²) in [4.78, 5) is 35.9. The number of nitrogens with zero attached hydrogens (tertiary/aromatic N) is 4. The summed E-state index contributed by atoms with van der Waals surface area (Å²) >= 11 is 1.36. The Morgan fingerprint density at radius 1 is 0.878 bits per heavy atom. The molecule has 0 radical (unpaired) electrons. The first kappa shape index (κ1) is 36.3. The van der Waals surface area contributed by atoms with E-state index < -0.39 is 11.7 Å². The lowest BCUT2D eigenvalue weighted by Crippen LogP contribution is -2.53. The number of carbonyl (C=O) groups is 1. The SMILES string of the molecule is CCN(CC)C(C)(C)CN(Cc1ccc(-c2ccc(C(F)(F)F)cc2)cc1)C(=O)Cn1c(SCc2ccc(F)cc2)nc(=O)c2c1CCC2. The minimum atomic E-state index is -4.40. The van der Waals surface area contributed by atoms with Gasteiger partial charge in [0.15, 0.2) is 5.16 Å². The summed E-state index contributed by atoms with van der Waals surface area (Å²) in [5.41, 5.74) is 3.41. The first-order valence-electron chi connectivity index (χ1n) is 16.6. The Kier molecular flexibility index (Phi) is 11.3. The topological polar surface area (TPSA) is 58.4 Å². The highest BCUT2D eigenvalue weighted by Crippen LogP contribution is 2.32. The van der Waals surface area contributed by atoms with Crippen molar-refractivity contribution in [3.05, 3.63) is 117 Å². The fraction of sp³-hybridized carbons (Fsp3) is 0.395. The minimum absolute atomic E-state index is 0.0132. The summed E-state index contributed by atoms with van der Waals surface area (Å²) in [5, 5.41) is 0.465. The number of carbonyl (C=O) groups excluding carboxylic acids is 1. The lowest BCUT2D eigenvalue weighted by Gasteiger charge is -2.41. The molecule has 49 heavy (non-hydrogen) atoms. The Balaban J connectivity index is 1.42. The minimum Gasteiger partial charge on any atom is -0.335 e. The number of amides is 1. The molecule has 5 rings (SSSR count). The molecule has 0 saturated heterocycles. The summed E-state index contributed by atoms with van der Waals surface area (Å²) in [7, 11) is 0. The van der Waals surface area contributed by atoms with E-state index in [2.05, 4.69) is 37.6 Å². The predicted octanol–water partition coefficient (Wildman–Crippen LogP) is 8.00. The molecule has 0 bridgehead atoms. The van der Waals surface area contributed by atoms with Gasteiger partial charge in [-0.3, -0.25) is 14.5 Å². The molecule has 0 N–H and O–H groups in total. The Labute approximate surface area is 289 Å². The third-order valence-electron chi connectivity index (χ3n) is 9.20. The normalized spacial score (nSPS) is 13.2. The van der Waals surface area contributed by atoms with Crippen molar-refractivity contribution in [1.29, 1.82) is 0 Å². The number of halogens is 4. The maximum atomic E-state index is 14.4. The van der Waals surface area contributed by atoms with Crippen molar-refractivity contribution >= 4 is 17.7 Å². The van der Waals surface area contributed by atoms with Crippen molar-refractivity contribution < 1.29 is 22.4 Å². The fourth-order valence-corrected chi connectivity index (χ4v) is 7.54. The van der Waals surface area contributed by atoms with E-state index in [9.17, 15) is 27.2 Å². The van der Waals surface area contributed by atoms with Crippen molar-refractivity contribution in [2.45, 2.75) is 82.7 Å². The molecule has 3 aromatic carbocycles. The van der Waals surface area contributed by atoms with Gasteiger partial charge < -0.3 is 9.47 Å². The van der Waals surface area contributed by atoms with Gasteiger partial charge in [-0.1, -0.05) is 74.1 Å². The van der Waals surface area contributed by atoms with Crippen LogP contribution in [0.25, 0.3) is 11.1 Å². The monoisotopic (exact) mass is 694 g/mol. The summed E-state index contributed by atoms with van der Waals surface area (Å²) in [6, 6.07) is 18.8. The van der Waals surface area contributed by atoms with Gasteiger partial charge in [-0.05, 0) is 92.7 Å². The van der Waals surface area contributed by atoms with Gasteiger partial charge in [0, 0.05) is 35.6 Å². The third-order valence-corrected chi connectivity index (χ3v) is 10.2. The maximum absolute atomic E-state index is 14.4. The molecule has 0 spiro atoms. The maximum Gasteiger partial charge on any atom is 0.416 e. The number of benzene rings is 3. The first-order valence-corrected chi connectivity index (χ1v) is 17.6. The second-order valence-corrected chi connectivity index (χ2v) is 13.9. The molecule has 0 saturated carbocycles. The molecule has 6 nitrogen and oxygen atoms in total. The number of thioether (sulfide) groups is 1. The van der Waals surface area contributed by atoms with E-state index >= 15 is 0 Å². The number of aromatic nitrogens is 2. The average Bonchev–Trinajstić information content (AvgIpc) is 3.57. The summed E-state index contributed by atoms with van der Waals surface area (Å²) in [6.07, 6.45) is -2.27. The van der Waals surface area contributed by atoms with E-state index in [0.29, 0.717) is 48.0 Å². The Morgan fingerprint density at radius 3 is 2.06 bits per heavy atom. The molecule has 4 aromatic rings. The number of alkyl halides is 3. The van der Waals surface area contributed by atoms with Crippen molar-refractivity contribution in [3.63, 3.8) is 0 Å². The summed E-state index contributed by atoms with van der Waals surface area (Å²) in [6.45, 7) is 10.8. The lowest BCUT2D eigenvalue weighted by molar-refractivity contribution is -0.137. The number of likely N-dealkylation sites (N-methyl/N-ethyl adjacent to an activating group) is 1. The smallest absolute Gasteiger partial charge is 0.335 e. The second kappa shape index (κ2) is 15.3. The highest BCUT2D eigenvalue weighted by atomic mass is 32.2. The van der Waals surface area contributed by atoms with Gasteiger partial charge in [-0.15, -0.1) is 0 Å². The highest BCUT2D eigenvalue weighted by Gasteiger charge is 2.32. The molecule has 1 aliphatic rings. The third kappa shape index (κ3) is 8.80. The summed E-state index contributed by atoms with van der Waals surface area (Å²) < 4.78 is 54.6. The number of fused-ring (bicyclic) bond motifs is 1. The van der Waals surface area contributed by atoms with Crippen LogP contribution in [0.2, 0.25) is 0 Å². The lowest BCUT2D eigenvalue weighted by atomic mass is 10.00. The standard InChI is InChI=1S/C38H42F4N4O2S/c1-5-45(6-2)37(3,4)25-44(22-26-10-14-28(15-11-26)29-16-18-30(19-17-29)38(40,41)42)34(47)23-46-33-9-7-8-32(33)35(48)43-36(46)49-24-27-12-20-31(39)21-13-27/h10-21H,5-9,22-25H2,1-4H3. The van der Waals surface area contributed by atoms with Crippen LogP contribution < -0.4 is 5.56 Å². The summed E-state index contributed by atoms with van der Waals surface area (Å²) in [5.74, 6) is 0.0213. The molecule has 1 heterocycles. The van der Waals surface area contributed by atoms with Crippen molar-refractivity contribution in [1.82, 2.24) is 19.4 Å². The molecule has 260 valence electrons. The zero-order chi connectivity index (χ0) is 35.3. The zero-order valence-corrected chi connectivity index (χ0v) is 29.1. The van der Waals surface area contributed by atoms with E-state index in [1.165, 1.54) is 36.0 Å². The molecular weight excluding hydrogens is 653 g/mol. The molecule has 0 atom stereocenters. The van der Waals surface area contributed by atoms with Crippen molar-refractivity contribution in [2.75, 3.05) is 19.6 Å². The molecule has 1 aliphatic carbocycles. The number of rotatable bonds is 13. The van der Waals surface area contributed by atoms with Gasteiger partial charge in [0.1, 0.15) is 12.4 Å². The molecule has 0 aliphatic heterocycles. The van der Waals surface area contributed by atoms with Crippen LogP contribution in [0.1, 0.15) is 62.1 Å². The predicted molar refractivity (Wildman–Crippen MR) is 186 cm³/mol. The molecule has 11 heteroatoms. The quantitative estimate of drug-likeness (QED) is 0.0807. The van der Waals surface area contributed by atoms with Gasteiger partial charge in [-0.25, -0.2) is 4.39 Å². The Bertz CT molecular complexity index is 1800.